The summed E-state index contributed by atoms with van der Waals surface area (Å²) in [4.78, 5) is 4.17. The second-order valence-corrected chi connectivity index (χ2v) is 5.20. The van der Waals surface area contributed by atoms with Gasteiger partial charge in [-0.2, -0.15) is 0 Å². The fraction of sp³-hybridized carbons (Fsp3) is 0.0833. The molecule has 0 aliphatic rings. The lowest BCUT2D eigenvalue weighted by Crippen LogP contribution is -1.98. The molecule has 1 aromatic carbocycles. The quantitative estimate of drug-likeness (QED) is 0.630. The molecule has 17 heavy (non-hydrogen) atoms. The molecule has 0 spiro atoms. The second kappa shape index (κ2) is 5.10. The highest BCUT2D eigenvalue weighted by molar-refractivity contribution is 14.1. The maximum Gasteiger partial charge on any atom is 0.134 e. The molecule has 5 heteroatoms. The van der Waals surface area contributed by atoms with Gasteiger partial charge in [0.2, 0.25) is 0 Å². The minimum atomic E-state index is 0.385. The zero-order chi connectivity index (χ0) is 12.4. The van der Waals surface area contributed by atoms with Gasteiger partial charge < -0.3 is 11.1 Å². The van der Waals surface area contributed by atoms with E-state index in [0.717, 1.165) is 5.69 Å². The maximum atomic E-state index is 5.85. The summed E-state index contributed by atoms with van der Waals surface area (Å²) in [6.45, 7) is 2.05. The van der Waals surface area contributed by atoms with Gasteiger partial charge in [0.15, 0.2) is 0 Å². The van der Waals surface area contributed by atoms with Crippen LogP contribution in [0.3, 0.4) is 0 Å². The number of nitrogens with two attached hydrogens (primary N) is 1. The minimum absolute atomic E-state index is 0.385. The van der Waals surface area contributed by atoms with E-state index in [1.807, 2.05) is 12.1 Å². The van der Waals surface area contributed by atoms with Crippen LogP contribution in [0.1, 0.15) is 5.56 Å². The molecule has 0 fully saturated rings. The molecule has 0 amide bonds. The van der Waals surface area contributed by atoms with Crippen molar-refractivity contribution in [2.75, 3.05) is 11.1 Å². The Morgan fingerprint density at radius 1 is 1.35 bits per heavy atom. The van der Waals surface area contributed by atoms with Crippen molar-refractivity contribution in [3.05, 3.63) is 44.6 Å². The van der Waals surface area contributed by atoms with Crippen LogP contribution in [0.4, 0.5) is 17.2 Å². The fourth-order valence-corrected chi connectivity index (χ4v) is 2.18. The number of pyridine rings is 1. The van der Waals surface area contributed by atoms with Gasteiger partial charge in [0.05, 0.1) is 0 Å². The largest absolute Gasteiger partial charge is 0.399 e. The van der Waals surface area contributed by atoms with Crippen LogP contribution in [-0.4, -0.2) is 4.98 Å². The summed E-state index contributed by atoms with van der Waals surface area (Å²) >= 11 is 8.15. The van der Waals surface area contributed by atoms with Gasteiger partial charge in [-0.05, 0) is 53.3 Å². The highest BCUT2D eigenvalue weighted by Crippen LogP contribution is 2.25. The molecule has 2 rings (SSSR count). The number of anilines is 3. The van der Waals surface area contributed by atoms with Gasteiger partial charge >= 0.3 is 0 Å². The predicted molar refractivity (Wildman–Crippen MR) is 80.8 cm³/mol. The number of aromatic nitrogens is 1. The van der Waals surface area contributed by atoms with E-state index < -0.39 is 0 Å². The average molecular weight is 360 g/mol. The Kier molecular flexibility index (Phi) is 3.73. The molecule has 2 aromatic rings. The normalized spacial score (nSPS) is 10.3. The summed E-state index contributed by atoms with van der Waals surface area (Å²) in [5.74, 6) is 0.653. The number of benzene rings is 1. The van der Waals surface area contributed by atoms with Crippen LogP contribution in [0.25, 0.3) is 0 Å². The van der Waals surface area contributed by atoms with Gasteiger partial charge in [0.25, 0.3) is 0 Å². The summed E-state index contributed by atoms with van der Waals surface area (Å²) in [5, 5.41) is 3.60. The molecule has 0 saturated carbocycles. The highest BCUT2D eigenvalue weighted by Gasteiger charge is 2.04. The fourth-order valence-electron chi connectivity index (χ4n) is 1.46. The van der Waals surface area contributed by atoms with Crippen LogP contribution >= 0.6 is 34.2 Å². The van der Waals surface area contributed by atoms with Gasteiger partial charge in [-0.15, -0.1) is 0 Å². The van der Waals surface area contributed by atoms with E-state index in [1.165, 1.54) is 9.13 Å². The number of nitrogens with one attached hydrogen (secondary N) is 1. The number of rotatable bonds is 2. The molecule has 0 aliphatic heterocycles. The van der Waals surface area contributed by atoms with E-state index in [-0.39, 0.29) is 0 Å². The lowest BCUT2D eigenvalue weighted by atomic mass is 10.2. The van der Waals surface area contributed by atoms with Crippen molar-refractivity contribution in [2.24, 2.45) is 0 Å². The first-order valence-electron chi connectivity index (χ1n) is 5.01. The van der Waals surface area contributed by atoms with Crippen LogP contribution in [0, 0.1) is 10.5 Å². The summed E-state index contributed by atoms with van der Waals surface area (Å²) in [6, 6.07) is 9.42. The van der Waals surface area contributed by atoms with E-state index in [2.05, 4.69) is 45.9 Å². The number of nitrogen functional groups attached to an aromatic ring is 1. The average Bonchev–Trinajstić information content (AvgIpc) is 2.23. The zero-order valence-electron chi connectivity index (χ0n) is 9.17. The summed E-state index contributed by atoms with van der Waals surface area (Å²) in [6.07, 6.45) is 0. The van der Waals surface area contributed by atoms with Crippen molar-refractivity contribution in [1.29, 1.82) is 0 Å². The Morgan fingerprint density at radius 3 is 2.82 bits per heavy atom. The number of nitrogens with zero attached hydrogens (tertiary/aromatic N) is 1. The molecule has 0 aliphatic carbocycles. The summed E-state index contributed by atoms with van der Waals surface area (Å²) < 4.78 is 1.20. The Hall–Kier alpha value is -1.01. The molecule has 0 saturated heterocycles. The number of halogens is 2. The van der Waals surface area contributed by atoms with Crippen LogP contribution < -0.4 is 11.1 Å². The highest BCUT2D eigenvalue weighted by atomic mass is 127. The van der Waals surface area contributed by atoms with E-state index in [4.69, 9.17) is 17.3 Å². The Labute approximate surface area is 119 Å². The van der Waals surface area contributed by atoms with Crippen LogP contribution in [0.15, 0.2) is 30.3 Å². The van der Waals surface area contributed by atoms with E-state index in [9.17, 15) is 0 Å². The van der Waals surface area contributed by atoms with Gasteiger partial charge in [-0.1, -0.05) is 17.7 Å². The third-order valence-electron chi connectivity index (χ3n) is 2.35. The second-order valence-electron chi connectivity index (χ2n) is 3.65. The Balaban J connectivity index is 2.34. The molecule has 0 unspecified atom stereocenters. The maximum absolute atomic E-state index is 5.85. The standard InChI is InChI=1S/C12H11ClIN3/c1-7-9(14)3-2-4-10(7)16-12-6-8(15)5-11(13)17-12/h2-6H,1H3,(H3,15,16,17). The smallest absolute Gasteiger partial charge is 0.134 e. The van der Waals surface area contributed by atoms with E-state index in [1.54, 1.807) is 12.1 Å². The van der Waals surface area contributed by atoms with Gasteiger partial charge in [-0.25, -0.2) is 4.98 Å². The van der Waals surface area contributed by atoms with Crippen molar-refractivity contribution in [3.8, 4) is 0 Å². The summed E-state index contributed by atoms with van der Waals surface area (Å²) in [5.41, 5.74) is 8.49. The molecule has 0 radical (unpaired) electrons. The molecule has 3 N–H and O–H groups in total. The topological polar surface area (TPSA) is 50.9 Å². The third kappa shape index (κ3) is 3.01. The number of hydrogen-bond donors (Lipinski definition) is 2. The third-order valence-corrected chi connectivity index (χ3v) is 3.71. The molecular formula is C12H11ClIN3. The van der Waals surface area contributed by atoms with E-state index >= 15 is 0 Å². The number of hydrogen-bond acceptors (Lipinski definition) is 3. The zero-order valence-corrected chi connectivity index (χ0v) is 12.1. The first-order chi connectivity index (χ1) is 8.06. The van der Waals surface area contributed by atoms with Crippen LogP contribution in [0.2, 0.25) is 5.15 Å². The Morgan fingerprint density at radius 2 is 2.12 bits per heavy atom. The molecule has 0 bridgehead atoms. The van der Waals surface area contributed by atoms with Crippen molar-refractivity contribution in [1.82, 2.24) is 4.98 Å². The Bertz CT molecular complexity index is 537. The van der Waals surface area contributed by atoms with Crippen LogP contribution in [-0.2, 0) is 0 Å². The molecular weight excluding hydrogens is 349 g/mol. The lowest BCUT2D eigenvalue weighted by molar-refractivity contribution is 1.29. The molecule has 1 aromatic heterocycles. The molecule has 1 heterocycles. The van der Waals surface area contributed by atoms with Crippen LogP contribution in [0.5, 0.6) is 0 Å². The van der Waals surface area contributed by atoms with Crippen molar-refractivity contribution in [3.63, 3.8) is 0 Å². The first kappa shape index (κ1) is 12.4. The van der Waals surface area contributed by atoms with Gasteiger partial charge in [0.1, 0.15) is 11.0 Å². The lowest BCUT2D eigenvalue weighted by Gasteiger charge is -2.10. The first-order valence-corrected chi connectivity index (χ1v) is 6.47. The predicted octanol–water partition coefficient (Wildman–Crippen LogP) is 3.97. The molecule has 88 valence electrons. The van der Waals surface area contributed by atoms with Crippen molar-refractivity contribution < 1.29 is 0 Å². The van der Waals surface area contributed by atoms with E-state index in [0.29, 0.717) is 16.7 Å². The monoisotopic (exact) mass is 359 g/mol. The SMILES string of the molecule is Cc1c(I)cccc1Nc1cc(N)cc(Cl)n1. The van der Waals surface area contributed by atoms with Crippen molar-refractivity contribution >= 4 is 51.4 Å². The molecule has 0 atom stereocenters. The van der Waals surface area contributed by atoms with Crippen molar-refractivity contribution in [2.45, 2.75) is 6.92 Å². The summed E-state index contributed by atoms with van der Waals surface area (Å²) in [7, 11) is 0. The molecule has 3 nitrogen and oxygen atoms in total. The van der Waals surface area contributed by atoms with Gasteiger partial charge in [0, 0.05) is 21.0 Å². The minimum Gasteiger partial charge on any atom is -0.399 e. The van der Waals surface area contributed by atoms with Gasteiger partial charge in [-0.3, -0.25) is 0 Å².